The molecule has 0 atom stereocenters. The molecule has 0 spiro atoms. The smallest absolute Gasteiger partial charge is 0.128 e. The standard InChI is InChI=1S/C14H17N5/c15-13-5-4-12(11-17-13)18-7-9-19(10-8-18)14-3-1-2-6-16-14/h1-6,11H,7-10H2,(H2,15,17). The highest BCUT2D eigenvalue weighted by Gasteiger charge is 2.18. The van der Waals surface area contributed by atoms with Crippen LogP contribution in [0.25, 0.3) is 0 Å². The molecule has 0 aliphatic carbocycles. The fraction of sp³-hybridized carbons (Fsp3) is 0.286. The zero-order valence-electron chi connectivity index (χ0n) is 10.7. The van der Waals surface area contributed by atoms with E-state index in [1.165, 1.54) is 0 Å². The molecular weight excluding hydrogens is 238 g/mol. The van der Waals surface area contributed by atoms with Crippen molar-refractivity contribution in [1.29, 1.82) is 0 Å². The minimum Gasteiger partial charge on any atom is -0.384 e. The molecule has 2 aromatic heterocycles. The van der Waals surface area contributed by atoms with Crippen molar-refractivity contribution >= 4 is 17.3 Å². The summed E-state index contributed by atoms with van der Waals surface area (Å²) in [7, 11) is 0. The van der Waals surface area contributed by atoms with Gasteiger partial charge in [0.15, 0.2) is 0 Å². The summed E-state index contributed by atoms with van der Waals surface area (Å²) in [6, 6.07) is 9.90. The molecule has 98 valence electrons. The molecule has 0 saturated carbocycles. The van der Waals surface area contributed by atoms with Crippen molar-refractivity contribution in [2.45, 2.75) is 0 Å². The van der Waals surface area contributed by atoms with E-state index < -0.39 is 0 Å². The van der Waals surface area contributed by atoms with Gasteiger partial charge in [-0.05, 0) is 24.3 Å². The first-order chi connectivity index (χ1) is 9.33. The number of anilines is 3. The second kappa shape index (κ2) is 5.14. The largest absolute Gasteiger partial charge is 0.384 e. The molecule has 0 aromatic carbocycles. The van der Waals surface area contributed by atoms with Gasteiger partial charge in [-0.2, -0.15) is 0 Å². The van der Waals surface area contributed by atoms with E-state index in [-0.39, 0.29) is 0 Å². The summed E-state index contributed by atoms with van der Waals surface area (Å²) in [5.74, 6) is 1.62. The van der Waals surface area contributed by atoms with Crippen LogP contribution in [0.1, 0.15) is 0 Å². The molecule has 2 N–H and O–H groups in total. The molecule has 0 unspecified atom stereocenters. The van der Waals surface area contributed by atoms with Gasteiger partial charge in [0.2, 0.25) is 0 Å². The molecule has 1 aliphatic heterocycles. The maximum Gasteiger partial charge on any atom is 0.128 e. The Hall–Kier alpha value is -2.30. The summed E-state index contributed by atoms with van der Waals surface area (Å²) in [6.07, 6.45) is 3.68. The molecule has 0 amide bonds. The lowest BCUT2D eigenvalue weighted by molar-refractivity contribution is 0.647. The molecule has 1 saturated heterocycles. The highest BCUT2D eigenvalue weighted by molar-refractivity contribution is 5.50. The molecule has 5 nitrogen and oxygen atoms in total. The van der Waals surface area contributed by atoms with Crippen LogP contribution in [0, 0.1) is 0 Å². The monoisotopic (exact) mass is 255 g/mol. The molecule has 3 heterocycles. The van der Waals surface area contributed by atoms with Crippen LogP contribution >= 0.6 is 0 Å². The lowest BCUT2D eigenvalue weighted by Gasteiger charge is -2.36. The molecule has 0 bridgehead atoms. The van der Waals surface area contributed by atoms with E-state index in [1.54, 1.807) is 0 Å². The SMILES string of the molecule is Nc1ccc(N2CCN(c3ccccn3)CC2)cn1. The van der Waals surface area contributed by atoms with E-state index in [0.29, 0.717) is 5.82 Å². The number of piperazine rings is 1. The summed E-state index contributed by atoms with van der Waals surface area (Å²) in [4.78, 5) is 13.2. The van der Waals surface area contributed by atoms with Gasteiger partial charge >= 0.3 is 0 Å². The number of nitrogen functional groups attached to an aromatic ring is 1. The van der Waals surface area contributed by atoms with Gasteiger partial charge in [-0.3, -0.25) is 0 Å². The Kier molecular flexibility index (Phi) is 3.18. The highest BCUT2D eigenvalue weighted by atomic mass is 15.3. The van der Waals surface area contributed by atoms with E-state index in [2.05, 4.69) is 25.8 Å². The number of nitrogens with two attached hydrogens (primary N) is 1. The summed E-state index contributed by atoms with van der Waals surface area (Å²) in [5, 5.41) is 0. The third-order valence-corrected chi connectivity index (χ3v) is 3.39. The fourth-order valence-corrected chi connectivity index (χ4v) is 2.32. The molecule has 1 aliphatic rings. The highest BCUT2D eigenvalue weighted by Crippen LogP contribution is 2.18. The predicted octanol–water partition coefficient (Wildman–Crippen LogP) is 1.39. The summed E-state index contributed by atoms with van der Waals surface area (Å²) < 4.78 is 0. The van der Waals surface area contributed by atoms with Crippen molar-refractivity contribution in [2.75, 3.05) is 41.7 Å². The van der Waals surface area contributed by atoms with Crippen LogP contribution in [0.4, 0.5) is 17.3 Å². The van der Waals surface area contributed by atoms with Crippen LogP contribution in [0.2, 0.25) is 0 Å². The van der Waals surface area contributed by atoms with Crippen LogP contribution in [-0.2, 0) is 0 Å². The van der Waals surface area contributed by atoms with Crippen LogP contribution in [-0.4, -0.2) is 36.1 Å². The van der Waals surface area contributed by atoms with Gasteiger partial charge in [-0.1, -0.05) is 6.07 Å². The van der Waals surface area contributed by atoms with E-state index in [0.717, 1.165) is 37.7 Å². The van der Waals surface area contributed by atoms with Gasteiger partial charge in [-0.15, -0.1) is 0 Å². The van der Waals surface area contributed by atoms with Crippen LogP contribution < -0.4 is 15.5 Å². The van der Waals surface area contributed by atoms with E-state index in [1.807, 2.05) is 36.7 Å². The Morgan fingerprint density at radius 2 is 1.68 bits per heavy atom. The van der Waals surface area contributed by atoms with E-state index >= 15 is 0 Å². The number of rotatable bonds is 2. The van der Waals surface area contributed by atoms with Crippen molar-refractivity contribution in [1.82, 2.24) is 9.97 Å². The fourth-order valence-electron chi connectivity index (χ4n) is 2.32. The summed E-state index contributed by atoms with van der Waals surface area (Å²) in [5.41, 5.74) is 6.74. The Morgan fingerprint density at radius 1 is 0.895 bits per heavy atom. The number of pyridine rings is 2. The van der Waals surface area contributed by atoms with Crippen molar-refractivity contribution in [2.24, 2.45) is 0 Å². The Labute approximate surface area is 112 Å². The first-order valence-corrected chi connectivity index (χ1v) is 6.45. The minimum absolute atomic E-state index is 0.566. The van der Waals surface area contributed by atoms with Gasteiger partial charge < -0.3 is 15.5 Å². The number of nitrogens with zero attached hydrogens (tertiary/aromatic N) is 4. The second-order valence-corrected chi connectivity index (χ2v) is 4.60. The van der Waals surface area contributed by atoms with Crippen LogP contribution in [0.5, 0.6) is 0 Å². The van der Waals surface area contributed by atoms with E-state index in [4.69, 9.17) is 5.73 Å². The van der Waals surface area contributed by atoms with Crippen molar-refractivity contribution < 1.29 is 0 Å². The molecule has 1 fully saturated rings. The van der Waals surface area contributed by atoms with Gasteiger partial charge in [0.25, 0.3) is 0 Å². The average molecular weight is 255 g/mol. The van der Waals surface area contributed by atoms with Gasteiger partial charge in [0, 0.05) is 32.4 Å². The molecule has 2 aromatic rings. The molecule has 3 rings (SSSR count). The molecular formula is C14H17N5. The first-order valence-electron chi connectivity index (χ1n) is 6.45. The normalized spacial score (nSPS) is 15.6. The second-order valence-electron chi connectivity index (χ2n) is 4.60. The Balaban J connectivity index is 1.65. The van der Waals surface area contributed by atoms with Crippen molar-refractivity contribution in [3.05, 3.63) is 42.7 Å². The van der Waals surface area contributed by atoms with Gasteiger partial charge in [0.05, 0.1) is 11.9 Å². The summed E-state index contributed by atoms with van der Waals surface area (Å²) >= 11 is 0. The lowest BCUT2D eigenvalue weighted by Crippen LogP contribution is -2.46. The third-order valence-electron chi connectivity index (χ3n) is 3.39. The average Bonchev–Trinajstić information content (AvgIpc) is 2.49. The molecule has 5 heteroatoms. The number of hydrogen-bond donors (Lipinski definition) is 1. The topological polar surface area (TPSA) is 58.3 Å². The lowest BCUT2D eigenvalue weighted by atomic mass is 10.2. The maximum atomic E-state index is 5.61. The van der Waals surface area contributed by atoms with Gasteiger partial charge in [-0.25, -0.2) is 9.97 Å². The zero-order chi connectivity index (χ0) is 13.1. The van der Waals surface area contributed by atoms with Crippen LogP contribution in [0.3, 0.4) is 0 Å². The third kappa shape index (κ3) is 2.59. The number of aromatic nitrogens is 2. The molecule has 19 heavy (non-hydrogen) atoms. The summed E-state index contributed by atoms with van der Waals surface area (Å²) in [6.45, 7) is 3.90. The first kappa shape index (κ1) is 11.8. The Bertz CT molecular complexity index is 517. The number of hydrogen-bond acceptors (Lipinski definition) is 5. The minimum atomic E-state index is 0.566. The predicted molar refractivity (Wildman–Crippen MR) is 77.3 cm³/mol. The van der Waals surface area contributed by atoms with Gasteiger partial charge in [0.1, 0.15) is 11.6 Å². The van der Waals surface area contributed by atoms with Crippen molar-refractivity contribution in [3.63, 3.8) is 0 Å². The Morgan fingerprint density at radius 3 is 2.32 bits per heavy atom. The van der Waals surface area contributed by atoms with Crippen LogP contribution in [0.15, 0.2) is 42.7 Å². The molecule has 0 radical (unpaired) electrons. The van der Waals surface area contributed by atoms with E-state index in [9.17, 15) is 0 Å². The quantitative estimate of drug-likeness (QED) is 0.878. The maximum absolute atomic E-state index is 5.61. The van der Waals surface area contributed by atoms with Crippen molar-refractivity contribution in [3.8, 4) is 0 Å². The zero-order valence-corrected chi connectivity index (χ0v) is 10.7.